The lowest BCUT2D eigenvalue weighted by Gasteiger charge is -2.50. The fourth-order valence-electron chi connectivity index (χ4n) is 3.54. The molecule has 0 amide bonds. The molecule has 2 saturated heterocycles. The highest BCUT2D eigenvalue weighted by Crippen LogP contribution is 2.45. The van der Waals surface area contributed by atoms with Crippen LogP contribution in [0.4, 0.5) is 0 Å². The van der Waals surface area contributed by atoms with Crippen LogP contribution in [0.3, 0.4) is 0 Å². The van der Waals surface area contributed by atoms with Gasteiger partial charge in [-0.05, 0) is 25.0 Å². The summed E-state index contributed by atoms with van der Waals surface area (Å²) in [6.45, 7) is 5.19. The van der Waals surface area contributed by atoms with Gasteiger partial charge in [0, 0.05) is 44.6 Å². The molecule has 0 aromatic carbocycles. The maximum atomic E-state index is 12.4. The molecule has 0 bridgehead atoms. The molecule has 5 nitrogen and oxygen atoms in total. The van der Waals surface area contributed by atoms with E-state index < -0.39 is 14.6 Å². The predicted octanol–water partition coefficient (Wildman–Crippen LogP) is 1.11. The van der Waals surface area contributed by atoms with Crippen LogP contribution in [0.5, 0.6) is 0 Å². The summed E-state index contributed by atoms with van der Waals surface area (Å²) in [5, 5.41) is 0. The van der Waals surface area contributed by atoms with Crippen LogP contribution >= 0.6 is 0 Å². The average Bonchev–Trinajstić information content (AvgIpc) is 2.69. The van der Waals surface area contributed by atoms with Gasteiger partial charge in [-0.3, -0.25) is 9.88 Å². The van der Waals surface area contributed by atoms with Crippen LogP contribution in [0.1, 0.15) is 18.9 Å². The summed E-state index contributed by atoms with van der Waals surface area (Å²) in [5.74, 6) is 0.457. The van der Waals surface area contributed by atoms with Crippen molar-refractivity contribution in [3.63, 3.8) is 0 Å². The third kappa shape index (κ3) is 2.60. The molecule has 0 saturated carbocycles. The number of ether oxygens (including phenoxy) is 1. The fraction of sp³-hybridized carbons (Fsp3) is 0.667. The van der Waals surface area contributed by atoms with Crippen molar-refractivity contribution < 1.29 is 13.2 Å². The van der Waals surface area contributed by atoms with Crippen LogP contribution in [0.25, 0.3) is 0 Å². The summed E-state index contributed by atoms with van der Waals surface area (Å²) in [6.07, 6.45) is 4.33. The molecule has 1 spiro atoms. The van der Waals surface area contributed by atoms with Gasteiger partial charge in [-0.15, -0.1) is 0 Å². The summed E-state index contributed by atoms with van der Waals surface area (Å²) in [6, 6.07) is 3.94. The number of rotatable bonds is 5. The lowest BCUT2D eigenvalue weighted by molar-refractivity contribution is 0.0291. The van der Waals surface area contributed by atoms with Crippen molar-refractivity contribution in [1.82, 2.24) is 9.88 Å². The maximum absolute atomic E-state index is 12.4. The molecule has 0 radical (unpaired) electrons. The van der Waals surface area contributed by atoms with Crippen molar-refractivity contribution in [3.8, 4) is 0 Å². The van der Waals surface area contributed by atoms with E-state index >= 15 is 0 Å². The van der Waals surface area contributed by atoms with E-state index in [1.54, 1.807) is 6.20 Å². The summed E-state index contributed by atoms with van der Waals surface area (Å²) >= 11 is 0. The largest absolute Gasteiger partial charge is 0.381 e. The van der Waals surface area contributed by atoms with Crippen LogP contribution in [0.15, 0.2) is 24.5 Å². The minimum absolute atomic E-state index is 0.146. The Morgan fingerprint density at radius 1 is 1.48 bits per heavy atom. The Kier molecular flexibility index (Phi) is 4.03. The number of nitrogens with zero attached hydrogens (tertiary/aromatic N) is 2. The first kappa shape index (κ1) is 14.9. The van der Waals surface area contributed by atoms with Gasteiger partial charge in [0.25, 0.3) is 0 Å². The molecule has 2 fully saturated rings. The maximum Gasteiger partial charge on any atom is 0.158 e. The summed E-state index contributed by atoms with van der Waals surface area (Å²) in [7, 11) is -2.99. The van der Waals surface area contributed by atoms with E-state index in [-0.39, 0.29) is 5.92 Å². The van der Waals surface area contributed by atoms with Crippen molar-refractivity contribution in [2.24, 2.45) is 5.92 Å². The quantitative estimate of drug-likeness (QED) is 0.815. The van der Waals surface area contributed by atoms with E-state index in [0.29, 0.717) is 32.1 Å². The molecule has 1 aromatic heterocycles. The Balaban J connectivity index is 1.67. The smallest absolute Gasteiger partial charge is 0.158 e. The average molecular weight is 310 g/mol. The summed E-state index contributed by atoms with van der Waals surface area (Å²) < 4.78 is 29.8. The van der Waals surface area contributed by atoms with Gasteiger partial charge in [-0.2, -0.15) is 0 Å². The van der Waals surface area contributed by atoms with Gasteiger partial charge in [0.05, 0.1) is 12.4 Å². The minimum Gasteiger partial charge on any atom is -0.381 e. The monoisotopic (exact) mass is 310 g/mol. The Bertz CT molecular complexity index is 582. The molecule has 21 heavy (non-hydrogen) atoms. The topological polar surface area (TPSA) is 59.5 Å². The third-order valence-electron chi connectivity index (χ3n) is 4.73. The second kappa shape index (κ2) is 5.66. The first-order valence-corrected chi connectivity index (χ1v) is 9.14. The van der Waals surface area contributed by atoms with Gasteiger partial charge in [-0.25, -0.2) is 8.42 Å². The van der Waals surface area contributed by atoms with Crippen molar-refractivity contribution in [2.75, 3.05) is 32.1 Å². The number of sulfone groups is 1. The SMILES string of the molecule is CCOC[C@H]1CCS(=O)(=O)C12CN(Cc1cccnc1)C2. The van der Waals surface area contributed by atoms with Crippen LogP contribution in [-0.2, 0) is 21.1 Å². The van der Waals surface area contributed by atoms with Gasteiger partial charge < -0.3 is 4.74 Å². The third-order valence-corrected chi connectivity index (χ3v) is 7.34. The molecule has 2 aliphatic heterocycles. The molecule has 116 valence electrons. The number of hydrogen-bond donors (Lipinski definition) is 0. The number of pyridine rings is 1. The van der Waals surface area contributed by atoms with Crippen LogP contribution in [0.2, 0.25) is 0 Å². The van der Waals surface area contributed by atoms with Gasteiger partial charge in [0.2, 0.25) is 0 Å². The molecule has 0 unspecified atom stereocenters. The second-order valence-electron chi connectivity index (χ2n) is 6.04. The fourth-order valence-corrected chi connectivity index (χ4v) is 5.99. The van der Waals surface area contributed by atoms with Gasteiger partial charge >= 0.3 is 0 Å². The van der Waals surface area contributed by atoms with E-state index in [0.717, 1.165) is 18.5 Å². The normalized spacial score (nSPS) is 26.8. The molecule has 3 heterocycles. The molecule has 0 N–H and O–H groups in total. The number of aromatic nitrogens is 1. The highest BCUT2D eigenvalue weighted by Gasteiger charge is 2.61. The second-order valence-corrected chi connectivity index (χ2v) is 8.49. The molecule has 1 atom stereocenters. The van der Waals surface area contributed by atoms with E-state index in [4.69, 9.17) is 4.74 Å². The van der Waals surface area contributed by atoms with Crippen molar-refractivity contribution >= 4 is 9.84 Å². The Labute approximate surface area is 126 Å². The van der Waals surface area contributed by atoms with Crippen molar-refractivity contribution in [2.45, 2.75) is 24.6 Å². The van der Waals surface area contributed by atoms with Crippen molar-refractivity contribution in [1.29, 1.82) is 0 Å². The van der Waals surface area contributed by atoms with Crippen LogP contribution in [0, 0.1) is 5.92 Å². The first-order chi connectivity index (χ1) is 10.1. The highest BCUT2D eigenvalue weighted by molar-refractivity contribution is 7.93. The molecule has 0 aliphatic carbocycles. The zero-order valence-corrected chi connectivity index (χ0v) is 13.2. The Morgan fingerprint density at radius 2 is 2.29 bits per heavy atom. The van der Waals surface area contributed by atoms with Gasteiger partial charge in [0.1, 0.15) is 4.75 Å². The van der Waals surface area contributed by atoms with Gasteiger partial charge in [-0.1, -0.05) is 6.07 Å². The van der Waals surface area contributed by atoms with E-state index in [1.165, 1.54) is 0 Å². The molecular formula is C15H22N2O3S. The zero-order chi connectivity index (χ0) is 14.9. The lowest BCUT2D eigenvalue weighted by atomic mass is 9.83. The molecule has 3 rings (SSSR count). The van der Waals surface area contributed by atoms with Gasteiger partial charge in [0.15, 0.2) is 9.84 Å². The highest BCUT2D eigenvalue weighted by atomic mass is 32.2. The molecule has 2 aliphatic rings. The predicted molar refractivity (Wildman–Crippen MR) is 80.6 cm³/mol. The van der Waals surface area contributed by atoms with Crippen LogP contribution < -0.4 is 0 Å². The summed E-state index contributed by atoms with van der Waals surface area (Å²) in [4.78, 5) is 6.30. The lowest BCUT2D eigenvalue weighted by Crippen LogP contribution is -2.67. The molecular weight excluding hydrogens is 288 g/mol. The summed E-state index contributed by atoms with van der Waals surface area (Å²) in [5.41, 5.74) is 1.13. The standard InChI is InChI=1S/C15H22N2O3S/c1-2-20-10-14-5-7-21(18,19)15(14)11-17(12-15)9-13-4-3-6-16-8-13/h3-4,6,8,14H,2,5,7,9-12H2,1H3/t14-/m1/s1. The molecule has 1 aromatic rings. The number of likely N-dealkylation sites (tertiary alicyclic amines) is 1. The van der Waals surface area contributed by atoms with Crippen molar-refractivity contribution in [3.05, 3.63) is 30.1 Å². The molecule has 6 heteroatoms. The van der Waals surface area contributed by atoms with Crippen LogP contribution in [-0.4, -0.2) is 55.1 Å². The van der Waals surface area contributed by atoms with E-state index in [2.05, 4.69) is 9.88 Å². The minimum atomic E-state index is -2.99. The van der Waals surface area contributed by atoms with E-state index in [1.807, 2.05) is 25.3 Å². The number of hydrogen-bond acceptors (Lipinski definition) is 5. The zero-order valence-electron chi connectivity index (χ0n) is 12.4. The Hall–Kier alpha value is -0.980. The first-order valence-electron chi connectivity index (χ1n) is 7.49. The van der Waals surface area contributed by atoms with E-state index in [9.17, 15) is 8.42 Å². The Morgan fingerprint density at radius 3 is 2.95 bits per heavy atom.